The van der Waals surface area contributed by atoms with Crippen molar-refractivity contribution in [3.8, 4) is 0 Å². The maximum atomic E-state index is 13.8. The van der Waals surface area contributed by atoms with Crippen molar-refractivity contribution < 1.29 is 151 Å². The SMILES string of the molecule is CC(=O)N[C@H]1[C@H](OCCCCC(=O)NCCCNC(=O)CCOCC(COCCC(=O)NCCCNC(=O)CCCCO[C@@H]2O[C@H](CO)[C@H](O)[C@H](O)[C@H]2NC(C)=O)(COCCC(=O)NCCCNC(=O)CCCCO[C@@H]2O[C@H](CO)[C@H](O)[C@H](O)[C@H]2NC(C)=O)NC(=O)CCOCCOCCOCCN=[N+]=[N-])O[C@H](CO)[C@H](O)[C@@H]1O. The Kier molecular flexibility index (Phi) is 53.9. The number of unbranched alkanes of at least 4 members (excludes halogenated alkanes) is 3. The fraction of sp³-hybridized carbons (Fsp3) is 0.857. The van der Waals surface area contributed by atoms with Crippen LogP contribution in [0.25, 0.3) is 10.4 Å². The summed E-state index contributed by atoms with van der Waals surface area (Å²) < 4.78 is 68.4. The first kappa shape index (κ1) is 101. The average Bonchev–Trinajstić information content (AvgIpc) is 0.825. The fourth-order valence-electron chi connectivity index (χ4n) is 11.5. The van der Waals surface area contributed by atoms with E-state index in [9.17, 15) is 93.9 Å². The normalized spacial score (nSPS) is 23.4. The standard InChI is InChI=1S/C70H125N13O31/c1-45(87)79-58-64(100)61(97)48(39-84)112-67(58)109-27-7-4-13-51(90)72-20-10-23-75-54(93)16-31-106-42-70(82-57(96)19-30-103-35-37-105-38-36-104-34-26-78-83-71,43-107-32-17-55(94)76-24-11-21-73-52(91)14-5-8-28-110-68-59(80-46(2)88)65(101)62(98)49(40-85)113-68)44-108-33-18-56(95)77-25-12-22-74-53(92)15-6-9-29-111-69-60(81-47(3)89)66(102)63(99)50(41-86)114-69/h48-50,58-69,84-86,97-102H,4-44H2,1-3H3,(H,72,90)(H,73,91)(H,74,92)(H,75,93)(H,76,94)(H,77,95)(H,79,87)(H,80,88)(H,81,89)(H,82,96)/t48-,49-,50-,58-,59-,60-,61+,62+,63+,64-,65-,66-,67-,68-,69-/m1/s1. The van der Waals surface area contributed by atoms with E-state index in [2.05, 4.69) is 63.2 Å². The molecule has 3 fully saturated rings. The molecule has 0 saturated carbocycles. The van der Waals surface area contributed by atoms with E-state index in [4.69, 9.17) is 62.4 Å². The van der Waals surface area contributed by atoms with Gasteiger partial charge < -0.3 is 156 Å². The Hall–Kier alpha value is -6.83. The number of nitrogens with zero attached hydrogens (tertiary/aromatic N) is 3. The van der Waals surface area contributed by atoms with Crippen LogP contribution in [0.5, 0.6) is 0 Å². The zero-order chi connectivity index (χ0) is 83.9. The van der Waals surface area contributed by atoms with Crippen LogP contribution < -0.4 is 53.2 Å². The van der Waals surface area contributed by atoms with Gasteiger partial charge in [0, 0.05) is 136 Å². The van der Waals surface area contributed by atoms with Crippen LogP contribution in [-0.4, -0.2) is 367 Å². The molecule has 3 aliphatic rings. The van der Waals surface area contributed by atoms with Crippen LogP contribution in [0.3, 0.4) is 0 Å². The van der Waals surface area contributed by atoms with Crippen LogP contribution in [0.2, 0.25) is 0 Å². The molecule has 15 atom stereocenters. The molecule has 3 heterocycles. The van der Waals surface area contributed by atoms with E-state index >= 15 is 0 Å². The number of aliphatic hydroxyl groups excluding tert-OH is 9. The summed E-state index contributed by atoms with van der Waals surface area (Å²) in [5, 5.41) is 121. The van der Waals surface area contributed by atoms with E-state index in [1.165, 1.54) is 20.8 Å². The number of ether oxygens (including phenoxy) is 12. The molecule has 0 radical (unpaired) electrons. The lowest BCUT2D eigenvalue weighted by Crippen LogP contribution is -2.64. The zero-order valence-corrected chi connectivity index (χ0v) is 65.5. The largest absolute Gasteiger partial charge is 0.394 e. The number of amides is 10. The predicted molar refractivity (Wildman–Crippen MR) is 396 cm³/mol. The molecule has 3 rings (SSSR count). The molecule has 0 aromatic rings. The summed E-state index contributed by atoms with van der Waals surface area (Å²) in [7, 11) is 0. The van der Waals surface area contributed by atoms with E-state index in [-0.39, 0.29) is 208 Å². The second kappa shape index (κ2) is 60.6. The van der Waals surface area contributed by atoms with Gasteiger partial charge in [-0.25, -0.2) is 0 Å². The van der Waals surface area contributed by atoms with Crippen LogP contribution in [0.15, 0.2) is 5.11 Å². The Labute approximate surface area is 662 Å². The quantitative estimate of drug-likeness (QED) is 0.0116. The van der Waals surface area contributed by atoms with Crippen LogP contribution in [-0.2, 0) is 105 Å². The van der Waals surface area contributed by atoms with Gasteiger partial charge in [-0.1, -0.05) is 5.11 Å². The van der Waals surface area contributed by atoms with Crippen molar-refractivity contribution in [2.75, 3.05) is 165 Å². The number of nitrogens with one attached hydrogen (secondary N) is 10. The number of rotatable bonds is 64. The van der Waals surface area contributed by atoms with Gasteiger partial charge in [0.25, 0.3) is 0 Å². The van der Waals surface area contributed by atoms with Gasteiger partial charge in [-0.2, -0.15) is 0 Å². The topological polar surface area (TPSA) is 633 Å². The highest BCUT2D eigenvalue weighted by Crippen LogP contribution is 2.26. The molecule has 0 aromatic heterocycles. The van der Waals surface area contributed by atoms with Gasteiger partial charge in [0.2, 0.25) is 59.1 Å². The maximum absolute atomic E-state index is 13.8. The van der Waals surface area contributed by atoms with Gasteiger partial charge >= 0.3 is 0 Å². The third-order valence-electron chi connectivity index (χ3n) is 17.6. The second-order valence-corrected chi connectivity index (χ2v) is 27.2. The summed E-state index contributed by atoms with van der Waals surface area (Å²) in [5.74, 6) is -4.03. The van der Waals surface area contributed by atoms with Crippen molar-refractivity contribution in [3.63, 3.8) is 0 Å². The van der Waals surface area contributed by atoms with Crippen molar-refractivity contribution in [1.29, 1.82) is 0 Å². The third-order valence-corrected chi connectivity index (χ3v) is 17.6. The van der Waals surface area contributed by atoms with E-state index in [1.807, 2.05) is 0 Å². The summed E-state index contributed by atoms with van der Waals surface area (Å²) >= 11 is 0. The van der Waals surface area contributed by atoms with Gasteiger partial charge in [0.15, 0.2) is 18.9 Å². The smallest absolute Gasteiger partial charge is 0.222 e. The molecule has 0 aromatic carbocycles. The molecule has 656 valence electrons. The monoisotopic (exact) mass is 1640 g/mol. The molecule has 0 aliphatic carbocycles. The lowest BCUT2D eigenvalue weighted by molar-refractivity contribution is -0.270. The molecule has 0 spiro atoms. The number of carbonyl (C=O) groups excluding carboxylic acids is 10. The molecule has 3 saturated heterocycles. The molecule has 44 heteroatoms. The van der Waals surface area contributed by atoms with Crippen molar-refractivity contribution in [3.05, 3.63) is 10.4 Å². The highest BCUT2D eigenvalue weighted by Gasteiger charge is 2.48. The first-order valence-corrected chi connectivity index (χ1v) is 38.7. The van der Waals surface area contributed by atoms with Gasteiger partial charge in [0.05, 0.1) is 99.1 Å². The third kappa shape index (κ3) is 43.4. The van der Waals surface area contributed by atoms with Crippen LogP contribution in [0, 0.1) is 0 Å². The lowest BCUT2D eigenvalue weighted by atomic mass is 9.97. The summed E-state index contributed by atoms with van der Waals surface area (Å²) in [5.41, 5.74) is 6.92. The fourth-order valence-corrected chi connectivity index (χ4v) is 11.5. The number of carbonyl (C=O) groups is 10. The second-order valence-electron chi connectivity index (χ2n) is 27.2. The van der Waals surface area contributed by atoms with Crippen molar-refractivity contribution >= 4 is 59.1 Å². The Morgan fingerprint density at radius 3 is 0.912 bits per heavy atom. The summed E-state index contributed by atoms with van der Waals surface area (Å²) in [6.07, 6.45) is -12.5. The van der Waals surface area contributed by atoms with E-state index in [1.54, 1.807) is 0 Å². The van der Waals surface area contributed by atoms with Crippen LogP contribution in [0.1, 0.15) is 124 Å². The van der Waals surface area contributed by atoms with Crippen molar-refractivity contribution in [2.24, 2.45) is 5.11 Å². The molecule has 114 heavy (non-hydrogen) atoms. The Bertz CT molecular complexity index is 2580. The highest BCUT2D eigenvalue weighted by molar-refractivity contribution is 5.79. The minimum Gasteiger partial charge on any atom is -0.394 e. The number of hydrogen-bond donors (Lipinski definition) is 19. The van der Waals surface area contributed by atoms with Crippen LogP contribution in [0.4, 0.5) is 0 Å². The highest BCUT2D eigenvalue weighted by atomic mass is 16.7. The average molecular weight is 1640 g/mol. The van der Waals surface area contributed by atoms with Gasteiger partial charge in [-0.15, -0.1) is 0 Å². The molecular weight excluding hydrogens is 1520 g/mol. The number of azide groups is 1. The number of hydrogen-bond acceptors (Lipinski definition) is 32. The molecule has 0 unspecified atom stereocenters. The summed E-state index contributed by atoms with van der Waals surface area (Å²) in [4.78, 5) is 129. The first-order chi connectivity index (χ1) is 54.8. The minimum atomic E-state index is -1.50. The maximum Gasteiger partial charge on any atom is 0.222 e. The summed E-state index contributed by atoms with van der Waals surface area (Å²) in [6.45, 7) is 3.02. The molecule has 44 nitrogen and oxygen atoms in total. The van der Waals surface area contributed by atoms with E-state index in [0.29, 0.717) is 57.8 Å². The van der Waals surface area contributed by atoms with Gasteiger partial charge in [-0.05, 0) is 63.3 Å². The first-order valence-electron chi connectivity index (χ1n) is 38.7. The lowest BCUT2D eigenvalue weighted by Gasteiger charge is -2.42. The Balaban J connectivity index is 1.56. The molecule has 10 amide bonds. The van der Waals surface area contributed by atoms with Crippen molar-refractivity contribution in [1.82, 2.24) is 53.2 Å². The van der Waals surface area contributed by atoms with Crippen molar-refractivity contribution in [2.45, 2.75) is 221 Å². The molecular formula is C70H125N13O31. The van der Waals surface area contributed by atoms with Gasteiger partial charge in [-0.3, -0.25) is 47.9 Å². The Morgan fingerprint density at radius 1 is 0.351 bits per heavy atom. The zero-order valence-electron chi connectivity index (χ0n) is 65.5. The van der Waals surface area contributed by atoms with E-state index in [0.717, 1.165) is 0 Å². The molecule has 3 aliphatic heterocycles. The summed E-state index contributed by atoms with van der Waals surface area (Å²) in [6, 6.07) is -3.31. The van der Waals surface area contributed by atoms with E-state index < -0.39 is 159 Å². The Morgan fingerprint density at radius 2 is 0.623 bits per heavy atom. The number of aliphatic hydroxyl groups is 9. The minimum absolute atomic E-state index is 0.0511. The van der Waals surface area contributed by atoms with Gasteiger partial charge in [0.1, 0.15) is 78.6 Å². The predicted octanol–water partition coefficient (Wildman–Crippen LogP) is -6.93. The molecule has 0 bridgehead atoms. The van der Waals surface area contributed by atoms with Crippen LogP contribution >= 0.6 is 0 Å². The molecule has 19 N–H and O–H groups in total.